The molecular weight excluding hydrogens is 454 g/mol. The average molecular weight is 478 g/mol. The van der Waals surface area contributed by atoms with Crippen LogP contribution < -0.4 is 20.9 Å². The summed E-state index contributed by atoms with van der Waals surface area (Å²) < 4.78 is 11.2. The second kappa shape index (κ2) is 11.3. The molecule has 160 valence electrons. The fourth-order valence-electron chi connectivity index (χ4n) is 2.29. The van der Waals surface area contributed by atoms with Crippen LogP contribution in [0.15, 0.2) is 46.9 Å². The zero-order valence-electron chi connectivity index (χ0n) is 17.0. The summed E-state index contributed by atoms with van der Waals surface area (Å²) in [6.45, 7) is 4.24. The van der Waals surface area contributed by atoms with E-state index in [-0.39, 0.29) is 24.0 Å². The molecule has 0 bridgehead atoms. The molecule has 8 nitrogen and oxygen atoms in total. The maximum atomic E-state index is 12.5. The van der Waals surface area contributed by atoms with Gasteiger partial charge in [-0.25, -0.2) is 0 Å². The summed E-state index contributed by atoms with van der Waals surface area (Å²) >= 11 is 3.32. The van der Waals surface area contributed by atoms with Gasteiger partial charge in [-0.3, -0.25) is 25.2 Å². The van der Waals surface area contributed by atoms with E-state index in [0.29, 0.717) is 28.1 Å². The molecule has 2 aromatic rings. The molecule has 0 aliphatic heterocycles. The highest BCUT2D eigenvalue weighted by Crippen LogP contribution is 2.23. The second-order valence-corrected chi connectivity index (χ2v) is 7.53. The fraction of sp³-hybridized carbons (Fsp3) is 0.286. The minimum atomic E-state index is -0.530. The molecule has 0 aliphatic rings. The van der Waals surface area contributed by atoms with Gasteiger partial charge in [-0.2, -0.15) is 0 Å². The monoisotopic (exact) mass is 477 g/mol. The summed E-state index contributed by atoms with van der Waals surface area (Å²) in [5.74, 6) is -0.923. The van der Waals surface area contributed by atoms with Gasteiger partial charge in [0.2, 0.25) is 5.91 Å². The summed E-state index contributed by atoms with van der Waals surface area (Å²) in [6.07, 6.45) is 0. The molecule has 0 radical (unpaired) electrons. The van der Waals surface area contributed by atoms with Crippen LogP contribution in [-0.2, 0) is 9.53 Å². The quantitative estimate of drug-likeness (QED) is 0.400. The molecule has 0 fully saturated rings. The van der Waals surface area contributed by atoms with Gasteiger partial charge in [0.15, 0.2) is 0 Å². The summed E-state index contributed by atoms with van der Waals surface area (Å²) in [7, 11) is 1.55. The third-order valence-corrected chi connectivity index (χ3v) is 4.45. The second-order valence-electron chi connectivity index (χ2n) is 6.61. The van der Waals surface area contributed by atoms with Gasteiger partial charge in [0.05, 0.1) is 12.2 Å². The maximum Gasteiger partial charge on any atom is 0.273 e. The first-order valence-electron chi connectivity index (χ1n) is 9.24. The predicted molar refractivity (Wildman–Crippen MR) is 116 cm³/mol. The maximum absolute atomic E-state index is 12.5. The molecule has 0 aromatic heterocycles. The summed E-state index contributed by atoms with van der Waals surface area (Å²) in [5, 5.41) is 2.74. The van der Waals surface area contributed by atoms with E-state index in [1.165, 1.54) is 0 Å². The van der Waals surface area contributed by atoms with Gasteiger partial charge in [-0.05, 0) is 42.5 Å². The van der Waals surface area contributed by atoms with Crippen molar-refractivity contribution in [1.82, 2.24) is 10.9 Å². The van der Waals surface area contributed by atoms with E-state index in [0.717, 1.165) is 0 Å². The number of nitrogens with one attached hydrogen (secondary N) is 3. The number of halogens is 1. The van der Waals surface area contributed by atoms with Crippen LogP contribution in [0.2, 0.25) is 0 Å². The van der Waals surface area contributed by atoms with E-state index < -0.39 is 11.8 Å². The third-order valence-electron chi connectivity index (χ3n) is 3.96. The Hall–Kier alpha value is -2.91. The zero-order valence-corrected chi connectivity index (χ0v) is 18.5. The van der Waals surface area contributed by atoms with E-state index in [1.54, 1.807) is 63.4 Å². The van der Waals surface area contributed by atoms with Gasteiger partial charge in [0, 0.05) is 28.8 Å². The van der Waals surface area contributed by atoms with Crippen molar-refractivity contribution < 1.29 is 23.9 Å². The molecule has 2 rings (SSSR count). The number of benzene rings is 2. The summed E-state index contributed by atoms with van der Waals surface area (Å²) in [4.78, 5) is 36.6. The number of hydrazine groups is 1. The Balaban J connectivity index is 1.98. The number of anilines is 1. The zero-order chi connectivity index (χ0) is 22.1. The highest BCUT2D eigenvalue weighted by Gasteiger charge is 2.15. The molecule has 0 aliphatic carbocycles. The van der Waals surface area contributed by atoms with E-state index >= 15 is 0 Å². The van der Waals surface area contributed by atoms with E-state index in [1.807, 2.05) is 0 Å². The molecule has 0 atom stereocenters. The van der Waals surface area contributed by atoms with Crippen LogP contribution in [0.1, 0.15) is 34.6 Å². The first-order valence-corrected chi connectivity index (χ1v) is 10.0. The molecule has 2 aromatic carbocycles. The van der Waals surface area contributed by atoms with Crippen molar-refractivity contribution in [3.05, 3.63) is 58.1 Å². The molecule has 0 spiro atoms. The number of hydrogen-bond acceptors (Lipinski definition) is 5. The van der Waals surface area contributed by atoms with E-state index in [4.69, 9.17) is 9.47 Å². The Morgan fingerprint density at radius 2 is 1.63 bits per heavy atom. The number of hydrogen-bond donors (Lipinski definition) is 3. The lowest BCUT2D eigenvalue weighted by molar-refractivity contribution is -0.118. The highest BCUT2D eigenvalue weighted by atomic mass is 79.9. The van der Waals surface area contributed by atoms with Gasteiger partial charge in [-0.1, -0.05) is 29.8 Å². The number of rotatable bonds is 8. The molecular formula is C21H24BrN3O5. The number of amides is 3. The smallest absolute Gasteiger partial charge is 0.273 e. The molecule has 0 saturated heterocycles. The van der Waals surface area contributed by atoms with Crippen molar-refractivity contribution in [3.8, 4) is 5.75 Å². The standard InChI is InChI=1S/C21H24BrN3O5/c1-13(2)19(26)23-16-7-4-14(5-8-16)20(27)24-25-21(28)17-12-15(22)6-9-18(17)30-11-10-29-3/h4-9,12-13H,10-11H2,1-3H3,(H,23,26)(H,24,27)(H,25,28). The van der Waals surface area contributed by atoms with Crippen LogP contribution in [0.3, 0.4) is 0 Å². The number of methoxy groups -OCH3 is 1. The number of ether oxygens (including phenoxy) is 2. The lowest BCUT2D eigenvalue weighted by Gasteiger charge is -2.13. The van der Waals surface area contributed by atoms with Crippen molar-refractivity contribution >= 4 is 39.3 Å². The van der Waals surface area contributed by atoms with Crippen LogP contribution in [0.5, 0.6) is 5.75 Å². The third kappa shape index (κ3) is 6.85. The number of carbonyl (C=O) groups excluding carboxylic acids is 3. The summed E-state index contributed by atoms with van der Waals surface area (Å²) in [5.41, 5.74) is 5.91. The molecule has 3 N–H and O–H groups in total. The Morgan fingerprint density at radius 1 is 0.967 bits per heavy atom. The van der Waals surface area contributed by atoms with Crippen molar-refractivity contribution in [3.63, 3.8) is 0 Å². The molecule has 30 heavy (non-hydrogen) atoms. The molecule has 0 unspecified atom stereocenters. The molecule has 0 saturated carbocycles. The van der Waals surface area contributed by atoms with E-state index in [2.05, 4.69) is 32.1 Å². The SMILES string of the molecule is COCCOc1ccc(Br)cc1C(=O)NNC(=O)c1ccc(NC(=O)C(C)C)cc1. The Labute approximate surface area is 183 Å². The van der Waals surface area contributed by atoms with Gasteiger partial charge in [0.25, 0.3) is 11.8 Å². The van der Waals surface area contributed by atoms with Crippen LogP contribution in [0.25, 0.3) is 0 Å². The van der Waals surface area contributed by atoms with Crippen molar-refractivity contribution in [1.29, 1.82) is 0 Å². The van der Waals surface area contributed by atoms with Crippen LogP contribution in [0, 0.1) is 5.92 Å². The first kappa shape index (κ1) is 23.4. The Bertz CT molecular complexity index is 900. The summed E-state index contributed by atoms with van der Waals surface area (Å²) in [6, 6.07) is 11.3. The molecule has 0 heterocycles. The predicted octanol–water partition coefficient (Wildman–Crippen LogP) is 3.14. The first-order chi connectivity index (χ1) is 14.3. The van der Waals surface area contributed by atoms with Crippen molar-refractivity contribution in [2.75, 3.05) is 25.6 Å². The van der Waals surface area contributed by atoms with Crippen LogP contribution >= 0.6 is 15.9 Å². The van der Waals surface area contributed by atoms with Crippen molar-refractivity contribution in [2.45, 2.75) is 13.8 Å². The fourth-order valence-corrected chi connectivity index (χ4v) is 2.65. The minimum Gasteiger partial charge on any atom is -0.490 e. The molecule has 3 amide bonds. The van der Waals surface area contributed by atoms with Crippen LogP contribution in [0.4, 0.5) is 5.69 Å². The van der Waals surface area contributed by atoms with Crippen molar-refractivity contribution in [2.24, 2.45) is 5.92 Å². The Kier molecular flexibility index (Phi) is 8.82. The highest BCUT2D eigenvalue weighted by molar-refractivity contribution is 9.10. The van der Waals surface area contributed by atoms with Gasteiger partial charge < -0.3 is 14.8 Å². The minimum absolute atomic E-state index is 0.114. The number of carbonyl (C=O) groups is 3. The lowest BCUT2D eigenvalue weighted by atomic mass is 10.1. The molecule has 9 heteroatoms. The van der Waals surface area contributed by atoms with Gasteiger partial charge in [-0.15, -0.1) is 0 Å². The van der Waals surface area contributed by atoms with E-state index in [9.17, 15) is 14.4 Å². The normalized spacial score (nSPS) is 10.4. The van der Waals surface area contributed by atoms with Gasteiger partial charge in [0.1, 0.15) is 12.4 Å². The lowest BCUT2D eigenvalue weighted by Crippen LogP contribution is -2.41. The van der Waals surface area contributed by atoms with Gasteiger partial charge >= 0.3 is 0 Å². The topological polar surface area (TPSA) is 106 Å². The van der Waals surface area contributed by atoms with Crippen LogP contribution in [-0.4, -0.2) is 38.0 Å². The largest absolute Gasteiger partial charge is 0.490 e. The Morgan fingerprint density at radius 3 is 2.27 bits per heavy atom. The average Bonchev–Trinajstić information content (AvgIpc) is 2.73.